The Morgan fingerprint density at radius 3 is 2.32 bits per heavy atom. The van der Waals surface area contributed by atoms with Gasteiger partial charge in [0, 0.05) is 69.8 Å². The number of anilines is 1. The van der Waals surface area contributed by atoms with Crippen molar-refractivity contribution in [3.8, 4) is 11.5 Å². The number of nitrogens with one attached hydrogen (secondary N) is 2. The molecule has 2 rings (SSSR count). The Morgan fingerprint density at radius 1 is 1.14 bits per heavy atom. The lowest BCUT2D eigenvalue weighted by Gasteiger charge is -2.34. The van der Waals surface area contributed by atoms with E-state index in [9.17, 15) is 0 Å². The Labute approximate surface area is 186 Å². The molecule has 1 saturated heterocycles. The van der Waals surface area contributed by atoms with Crippen LogP contribution in [0.1, 0.15) is 26.2 Å². The van der Waals surface area contributed by atoms with Crippen LogP contribution in [0.2, 0.25) is 0 Å². The minimum absolute atomic E-state index is 0. The van der Waals surface area contributed by atoms with Crippen molar-refractivity contribution in [2.24, 2.45) is 4.99 Å². The molecule has 0 aromatic heterocycles. The fourth-order valence-electron chi connectivity index (χ4n) is 3.17. The summed E-state index contributed by atoms with van der Waals surface area (Å²) >= 11 is 0. The number of methoxy groups -OCH3 is 2. The molecule has 0 unspecified atom stereocenters. The monoisotopic (exact) mass is 506 g/mol. The average molecular weight is 506 g/mol. The number of benzene rings is 1. The van der Waals surface area contributed by atoms with Gasteiger partial charge in [-0.25, -0.2) is 0 Å². The average Bonchev–Trinajstić information content (AvgIpc) is 2.72. The number of hydrogen-bond acceptors (Lipinski definition) is 5. The summed E-state index contributed by atoms with van der Waals surface area (Å²) in [4.78, 5) is 6.71. The van der Waals surface area contributed by atoms with Crippen molar-refractivity contribution in [3.05, 3.63) is 18.2 Å². The van der Waals surface area contributed by atoms with Crippen molar-refractivity contribution in [1.29, 1.82) is 0 Å². The van der Waals surface area contributed by atoms with E-state index < -0.39 is 0 Å². The van der Waals surface area contributed by atoms with Gasteiger partial charge in [0.15, 0.2) is 5.96 Å². The summed E-state index contributed by atoms with van der Waals surface area (Å²) in [6, 6.07) is 6.45. The van der Waals surface area contributed by atoms with E-state index in [1.807, 2.05) is 20.0 Å². The first-order valence-corrected chi connectivity index (χ1v) is 9.73. The molecule has 160 valence electrons. The summed E-state index contributed by atoms with van der Waals surface area (Å²) < 4.78 is 16.1. The van der Waals surface area contributed by atoms with E-state index in [0.29, 0.717) is 6.04 Å². The highest BCUT2D eigenvalue weighted by Crippen LogP contribution is 2.30. The molecule has 0 amide bonds. The zero-order chi connectivity index (χ0) is 19.5. The number of guanidine groups is 1. The molecule has 1 aliphatic rings. The van der Waals surface area contributed by atoms with Gasteiger partial charge in [-0.2, -0.15) is 0 Å². The number of aliphatic imine (C=N–C) groups is 1. The molecule has 1 aliphatic heterocycles. The predicted molar refractivity (Wildman–Crippen MR) is 126 cm³/mol. The normalized spacial score (nSPS) is 15.0. The largest absolute Gasteiger partial charge is 0.497 e. The number of nitrogens with zero attached hydrogens (tertiary/aromatic N) is 2. The van der Waals surface area contributed by atoms with Crippen molar-refractivity contribution in [1.82, 2.24) is 10.6 Å². The topological polar surface area (TPSA) is 67.4 Å². The fraction of sp³-hybridized carbons (Fsp3) is 0.650. The number of ether oxygens (including phenoxy) is 3. The van der Waals surface area contributed by atoms with Crippen LogP contribution >= 0.6 is 24.0 Å². The van der Waals surface area contributed by atoms with Crippen LogP contribution in [0.3, 0.4) is 0 Å². The Morgan fingerprint density at radius 2 is 1.79 bits per heavy atom. The minimum atomic E-state index is 0. The second kappa shape index (κ2) is 13.7. The summed E-state index contributed by atoms with van der Waals surface area (Å²) in [5.41, 5.74) is 1.14. The highest BCUT2D eigenvalue weighted by atomic mass is 127. The van der Waals surface area contributed by atoms with Gasteiger partial charge in [-0.05, 0) is 26.2 Å². The number of hydrogen-bond donors (Lipinski definition) is 2. The molecule has 0 bridgehead atoms. The Kier molecular flexibility index (Phi) is 12.1. The van der Waals surface area contributed by atoms with E-state index in [4.69, 9.17) is 14.2 Å². The molecule has 1 aromatic rings. The van der Waals surface area contributed by atoms with Crippen LogP contribution in [0.15, 0.2) is 23.2 Å². The van der Waals surface area contributed by atoms with Gasteiger partial charge in [0.05, 0.1) is 14.2 Å². The van der Waals surface area contributed by atoms with E-state index in [2.05, 4.69) is 32.7 Å². The summed E-state index contributed by atoms with van der Waals surface area (Å²) in [6.45, 7) is 6.39. The van der Waals surface area contributed by atoms with Crippen LogP contribution in [-0.4, -0.2) is 66.1 Å². The van der Waals surface area contributed by atoms with Crippen LogP contribution in [0.4, 0.5) is 5.69 Å². The van der Waals surface area contributed by atoms with Crippen molar-refractivity contribution in [2.45, 2.75) is 32.2 Å². The van der Waals surface area contributed by atoms with Crippen LogP contribution < -0.4 is 25.0 Å². The third-order valence-corrected chi connectivity index (χ3v) is 4.72. The Balaban J connectivity index is 0.00000392. The lowest BCUT2D eigenvalue weighted by molar-refractivity contribution is 0.145. The molecule has 8 heteroatoms. The van der Waals surface area contributed by atoms with Crippen molar-refractivity contribution in [2.75, 3.05) is 59.0 Å². The van der Waals surface area contributed by atoms with Crippen molar-refractivity contribution in [3.63, 3.8) is 0 Å². The summed E-state index contributed by atoms with van der Waals surface area (Å²) in [6.07, 6.45) is 3.09. The maximum absolute atomic E-state index is 5.39. The molecule has 28 heavy (non-hydrogen) atoms. The molecule has 1 heterocycles. The molecule has 7 nitrogen and oxygen atoms in total. The third-order valence-electron chi connectivity index (χ3n) is 4.72. The predicted octanol–water partition coefficient (Wildman–Crippen LogP) is 2.88. The van der Waals surface area contributed by atoms with Gasteiger partial charge in [0.25, 0.3) is 0 Å². The van der Waals surface area contributed by atoms with Crippen LogP contribution in [-0.2, 0) is 4.74 Å². The van der Waals surface area contributed by atoms with Gasteiger partial charge in [-0.1, -0.05) is 0 Å². The van der Waals surface area contributed by atoms with Gasteiger partial charge in [-0.15, -0.1) is 24.0 Å². The zero-order valence-electron chi connectivity index (χ0n) is 17.5. The standard InChI is InChI=1S/C20H34N4O3.HI/c1-5-27-12-6-9-22-20(21-2)23-16-7-10-24(11-8-16)17-13-18(25-3)15-19(14-17)26-4;/h13-16H,5-12H2,1-4H3,(H2,21,22,23);1H. The fourth-order valence-corrected chi connectivity index (χ4v) is 3.17. The quantitative estimate of drug-likeness (QED) is 0.233. The summed E-state index contributed by atoms with van der Waals surface area (Å²) in [7, 11) is 5.18. The smallest absolute Gasteiger partial charge is 0.191 e. The minimum Gasteiger partial charge on any atom is -0.497 e. The Bertz CT molecular complexity index is 571. The number of piperidine rings is 1. The maximum atomic E-state index is 5.39. The van der Waals surface area contributed by atoms with Gasteiger partial charge in [0.2, 0.25) is 0 Å². The third kappa shape index (κ3) is 7.90. The van der Waals surface area contributed by atoms with E-state index >= 15 is 0 Å². The molecular weight excluding hydrogens is 471 g/mol. The maximum Gasteiger partial charge on any atom is 0.191 e. The summed E-state index contributed by atoms with van der Waals surface area (Å²) in [5, 5.41) is 6.90. The van der Waals surface area contributed by atoms with Crippen LogP contribution in [0.25, 0.3) is 0 Å². The van der Waals surface area contributed by atoms with Gasteiger partial charge in [0.1, 0.15) is 11.5 Å². The van der Waals surface area contributed by atoms with E-state index in [0.717, 1.165) is 75.3 Å². The highest BCUT2D eigenvalue weighted by Gasteiger charge is 2.21. The second-order valence-corrected chi connectivity index (χ2v) is 6.53. The van der Waals surface area contributed by atoms with Crippen molar-refractivity contribution < 1.29 is 14.2 Å². The molecule has 2 N–H and O–H groups in total. The molecule has 1 aromatic carbocycles. The zero-order valence-corrected chi connectivity index (χ0v) is 19.8. The SMILES string of the molecule is CCOCCCNC(=NC)NC1CCN(c2cc(OC)cc(OC)c2)CC1.I. The number of rotatable bonds is 9. The highest BCUT2D eigenvalue weighted by molar-refractivity contribution is 14.0. The molecule has 1 fully saturated rings. The first kappa shape index (κ1) is 24.6. The van der Waals surface area contributed by atoms with Crippen molar-refractivity contribution >= 4 is 35.6 Å². The molecule has 0 spiro atoms. The van der Waals surface area contributed by atoms with Crippen LogP contribution in [0, 0.1) is 0 Å². The summed E-state index contributed by atoms with van der Waals surface area (Å²) in [5.74, 6) is 2.51. The van der Waals surface area contributed by atoms with E-state index in [-0.39, 0.29) is 24.0 Å². The number of halogens is 1. The lowest BCUT2D eigenvalue weighted by atomic mass is 10.0. The Hall–Kier alpha value is -1.42. The molecule has 0 saturated carbocycles. The first-order valence-electron chi connectivity index (χ1n) is 9.73. The van der Waals surface area contributed by atoms with Crippen LogP contribution in [0.5, 0.6) is 11.5 Å². The molecular formula is C20H35IN4O3. The van der Waals surface area contributed by atoms with Gasteiger partial charge < -0.3 is 29.7 Å². The van der Waals surface area contributed by atoms with Gasteiger partial charge >= 0.3 is 0 Å². The molecule has 0 atom stereocenters. The van der Waals surface area contributed by atoms with E-state index in [1.54, 1.807) is 14.2 Å². The van der Waals surface area contributed by atoms with E-state index in [1.165, 1.54) is 0 Å². The molecule has 0 aliphatic carbocycles. The second-order valence-electron chi connectivity index (χ2n) is 6.53. The first-order chi connectivity index (χ1) is 13.2. The van der Waals surface area contributed by atoms with Gasteiger partial charge in [-0.3, -0.25) is 4.99 Å². The molecule has 0 radical (unpaired) electrons. The lowest BCUT2D eigenvalue weighted by Crippen LogP contribution is -2.49.